The van der Waals surface area contributed by atoms with Crippen molar-refractivity contribution >= 4 is 5.97 Å². The maximum absolute atomic E-state index is 11.5. The lowest BCUT2D eigenvalue weighted by molar-refractivity contribution is -0.150. The highest BCUT2D eigenvalue weighted by Gasteiger charge is 2.23. The summed E-state index contributed by atoms with van der Waals surface area (Å²) in [7, 11) is 0. The number of aliphatic hydroxyl groups is 1. The molecule has 0 aromatic rings. The average molecular weight is 246 g/mol. The van der Waals surface area contributed by atoms with Crippen molar-refractivity contribution in [2.24, 2.45) is 5.92 Å². The van der Waals surface area contributed by atoms with Crippen LogP contribution in [0.3, 0.4) is 0 Å². The highest BCUT2D eigenvalue weighted by atomic mass is 16.6. The molecule has 1 aliphatic carbocycles. The van der Waals surface area contributed by atoms with Gasteiger partial charge in [-0.25, -0.2) is 0 Å². The molecule has 0 bridgehead atoms. The first-order valence-electron chi connectivity index (χ1n) is 6.27. The third-order valence-electron chi connectivity index (χ3n) is 2.77. The fourth-order valence-electron chi connectivity index (χ4n) is 1.87. The third kappa shape index (κ3) is 6.61. The third-order valence-corrected chi connectivity index (χ3v) is 2.77. The lowest BCUT2D eigenvalue weighted by Gasteiger charge is -2.09. The largest absolute Gasteiger partial charge is 0.463 e. The molecule has 1 fully saturated rings. The van der Waals surface area contributed by atoms with Crippen LogP contribution in [0.4, 0.5) is 0 Å². The van der Waals surface area contributed by atoms with Gasteiger partial charge in [-0.3, -0.25) is 4.79 Å². The lowest BCUT2D eigenvalue weighted by Crippen LogP contribution is -2.18. The van der Waals surface area contributed by atoms with E-state index in [0.29, 0.717) is 33.0 Å². The second kappa shape index (κ2) is 9.39. The number of carbonyl (C=O) groups is 1. The Hall–Kier alpha value is -0.650. The molecule has 0 heterocycles. The zero-order valence-corrected chi connectivity index (χ0v) is 10.2. The first-order chi connectivity index (χ1) is 8.34. The van der Waals surface area contributed by atoms with Crippen LogP contribution in [-0.4, -0.2) is 50.7 Å². The summed E-state index contributed by atoms with van der Waals surface area (Å²) < 4.78 is 15.3. The Morgan fingerprint density at radius 3 is 2.24 bits per heavy atom. The summed E-state index contributed by atoms with van der Waals surface area (Å²) in [5.74, 6) is 0.0329. The van der Waals surface area contributed by atoms with Crippen molar-refractivity contribution in [3.8, 4) is 0 Å². The molecule has 1 aliphatic rings. The van der Waals surface area contributed by atoms with Crippen LogP contribution in [0.25, 0.3) is 0 Å². The van der Waals surface area contributed by atoms with Crippen LogP contribution in [0.2, 0.25) is 0 Å². The average Bonchev–Trinajstić information content (AvgIpc) is 2.86. The van der Waals surface area contributed by atoms with E-state index in [1.165, 1.54) is 0 Å². The summed E-state index contributed by atoms with van der Waals surface area (Å²) in [6.45, 7) is 1.99. The maximum atomic E-state index is 11.5. The molecule has 5 heteroatoms. The Balaban J connectivity index is 1.85. The van der Waals surface area contributed by atoms with Crippen molar-refractivity contribution in [2.75, 3.05) is 39.6 Å². The van der Waals surface area contributed by atoms with Crippen LogP contribution < -0.4 is 0 Å². The van der Waals surface area contributed by atoms with Crippen molar-refractivity contribution in [1.82, 2.24) is 0 Å². The van der Waals surface area contributed by atoms with Crippen LogP contribution in [0.15, 0.2) is 0 Å². The number of ether oxygens (including phenoxy) is 3. The van der Waals surface area contributed by atoms with E-state index in [9.17, 15) is 4.79 Å². The van der Waals surface area contributed by atoms with Crippen LogP contribution in [0.1, 0.15) is 25.7 Å². The molecule has 0 radical (unpaired) electrons. The normalized spacial score (nSPS) is 16.3. The highest BCUT2D eigenvalue weighted by molar-refractivity contribution is 5.72. The molecule has 0 aliphatic heterocycles. The topological polar surface area (TPSA) is 65.0 Å². The molecule has 0 saturated heterocycles. The van der Waals surface area contributed by atoms with Gasteiger partial charge in [0, 0.05) is 0 Å². The van der Waals surface area contributed by atoms with Crippen LogP contribution in [0, 0.1) is 5.92 Å². The first-order valence-corrected chi connectivity index (χ1v) is 6.27. The van der Waals surface area contributed by atoms with E-state index >= 15 is 0 Å². The predicted molar refractivity (Wildman–Crippen MR) is 61.6 cm³/mol. The van der Waals surface area contributed by atoms with E-state index < -0.39 is 0 Å². The van der Waals surface area contributed by atoms with Crippen LogP contribution in [0.5, 0.6) is 0 Å². The van der Waals surface area contributed by atoms with Crippen LogP contribution in [-0.2, 0) is 19.0 Å². The number of rotatable bonds is 9. The minimum Gasteiger partial charge on any atom is -0.463 e. The smallest absolute Gasteiger partial charge is 0.309 e. The summed E-state index contributed by atoms with van der Waals surface area (Å²) >= 11 is 0. The van der Waals surface area contributed by atoms with E-state index in [1.807, 2.05) is 0 Å². The number of aliphatic hydroxyl groups excluding tert-OH is 1. The summed E-state index contributed by atoms with van der Waals surface area (Å²) in [5.41, 5.74) is 0. The summed E-state index contributed by atoms with van der Waals surface area (Å²) in [6.07, 6.45) is 4.21. The Bertz CT molecular complexity index is 201. The number of hydrogen-bond donors (Lipinski definition) is 1. The number of carbonyl (C=O) groups excluding carboxylic acids is 1. The Kier molecular flexibility index (Phi) is 7.96. The maximum Gasteiger partial charge on any atom is 0.309 e. The Labute approximate surface area is 102 Å². The van der Waals surface area contributed by atoms with Crippen LogP contribution >= 0.6 is 0 Å². The summed E-state index contributed by atoms with van der Waals surface area (Å²) in [4.78, 5) is 11.5. The highest BCUT2D eigenvalue weighted by Crippen LogP contribution is 2.25. The first kappa shape index (κ1) is 14.4. The monoisotopic (exact) mass is 246 g/mol. The molecule has 1 saturated carbocycles. The van der Waals surface area contributed by atoms with E-state index in [1.54, 1.807) is 0 Å². The number of hydrogen-bond acceptors (Lipinski definition) is 5. The molecule has 0 amide bonds. The SMILES string of the molecule is O=C(OCCOCCOCCO)C1CCCC1. The van der Waals surface area contributed by atoms with Crippen molar-refractivity contribution in [3.05, 3.63) is 0 Å². The molecule has 0 unspecified atom stereocenters. The van der Waals surface area contributed by atoms with Gasteiger partial charge < -0.3 is 19.3 Å². The van der Waals surface area contributed by atoms with Crippen molar-refractivity contribution in [3.63, 3.8) is 0 Å². The molecule has 0 aromatic carbocycles. The lowest BCUT2D eigenvalue weighted by atomic mass is 10.1. The van der Waals surface area contributed by atoms with Gasteiger partial charge in [0.05, 0.1) is 39.0 Å². The van der Waals surface area contributed by atoms with Gasteiger partial charge >= 0.3 is 5.97 Å². The standard InChI is InChI=1S/C12H22O5/c13-5-6-15-7-8-16-9-10-17-12(14)11-3-1-2-4-11/h11,13H,1-10H2. The van der Waals surface area contributed by atoms with Gasteiger partial charge in [0.15, 0.2) is 0 Å². The Morgan fingerprint density at radius 1 is 1.00 bits per heavy atom. The van der Waals surface area contributed by atoms with Crippen molar-refractivity contribution in [1.29, 1.82) is 0 Å². The second-order valence-corrected chi connectivity index (χ2v) is 4.10. The predicted octanol–water partition coefficient (Wildman–Crippen LogP) is 0.745. The molecule has 17 heavy (non-hydrogen) atoms. The molecule has 0 atom stereocenters. The fraction of sp³-hybridized carbons (Fsp3) is 0.917. The second-order valence-electron chi connectivity index (χ2n) is 4.10. The van der Waals surface area contributed by atoms with E-state index in [0.717, 1.165) is 25.7 Å². The molecule has 0 spiro atoms. The Morgan fingerprint density at radius 2 is 1.59 bits per heavy atom. The van der Waals surface area contributed by atoms with Gasteiger partial charge in [-0.05, 0) is 12.8 Å². The molecule has 1 N–H and O–H groups in total. The van der Waals surface area contributed by atoms with Gasteiger partial charge in [-0.2, -0.15) is 0 Å². The summed E-state index contributed by atoms with van der Waals surface area (Å²) in [5, 5.41) is 8.45. The molecular weight excluding hydrogens is 224 g/mol. The van der Waals surface area contributed by atoms with Gasteiger partial charge in [-0.15, -0.1) is 0 Å². The number of esters is 1. The summed E-state index contributed by atoms with van der Waals surface area (Å²) in [6, 6.07) is 0. The van der Waals surface area contributed by atoms with Gasteiger partial charge in [0.1, 0.15) is 6.61 Å². The minimum atomic E-state index is -0.0809. The molecule has 5 nitrogen and oxygen atoms in total. The molecular formula is C12H22O5. The zero-order valence-electron chi connectivity index (χ0n) is 10.2. The zero-order chi connectivity index (χ0) is 12.3. The van der Waals surface area contributed by atoms with Crippen molar-refractivity contribution < 1.29 is 24.1 Å². The fourth-order valence-corrected chi connectivity index (χ4v) is 1.87. The van der Waals surface area contributed by atoms with Gasteiger partial charge in [0.25, 0.3) is 0 Å². The molecule has 1 rings (SSSR count). The van der Waals surface area contributed by atoms with E-state index in [2.05, 4.69) is 0 Å². The molecule has 100 valence electrons. The van der Waals surface area contributed by atoms with Crippen molar-refractivity contribution in [2.45, 2.75) is 25.7 Å². The minimum absolute atomic E-state index is 0.0268. The van der Waals surface area contributed by atoms with Gasteiger partial charge in [0.2, 0.25) is 0 Å². The van der Waals surface area contributed by atoms with Gasteiger partial charge in [-0.1, -0.05) is 12.8 Å². The van der Waals surface area contributed by atoms with E-state index in [-0.39, 0.29) is 18.5 Å². The molecule has 0 aromatic heterocycles. The quantitative estimate of drug-likeness (QED) is 0.480. The van der Waals surface area contributed by atoms with E-state index in [4.69, 9.17) is 19.3 Å².